The van der Waals surface area contributed by atoms with E-state index >= 15 is 0 Å². The summed E-state index contributed by atoms with van der Waals surface area (Å²) in [5, 5.41) is 7.09. The molecule has 0 fully saturated rings. The summed E-state index contributed by atoms with van der Waals surface area (Å²) in [7, 11) is -0.622. The number of hydrogen-bond donors (Lipinski definition) is 1. The summed E-state index contributed by atoms with van der Waals surface area (Å²) in [4.78, 5) is 12.2. The molecule has 126 valence electrons. The van der Waals surface area contributed by atoms with Gasteiger partial charge in [-0.2, -0.15) is 5.10 Å². The minimum atomic E-state index is -3.57. The van der Waals surface area contributed by atoms with Gasteiger partial charge in [0.1, 0.15) is 11.4 Å². The van der Waals surface area contributed by atoms with E-state index in [0.29, 0.717) is 17.3 Å². The van der Waals surface area contributed by atoms with Gasteiger partial charge in [0.05, 0.1) is 11.4 Å². The Balaban J connectivity index is 3.03. The average molecular weight is 330 g/mol. The SMILES string of the molecule is Cc1nn(CC(=O)N[C@H](C)C(C)C)c(C)c1S(=O)(=O)N(C)C. The van der Waals surface area contributed by atoms with E-state index in [1.165, 1.54) is 18.8 Å². The normalized spacial score (nSPS) is 13.7. The number of hydrogen-bond acceptors (Lipinski definition) is 4. The highest BCUT2D eigenvalue weighted by Gasteiger charge is 2.27. The summed E-state index contributed by atoms with van der Waals surface area (Å²) in [5.74, 6) is 0.148. The molecule has 1 amide bonds. The molecule has 0 aliphatic carbocycles. The number of rotatable bonds is 6. The van der Waals surface area contributed by atoms with E-state index in [4.69, 9.17) is 0 Å². The number of carbonyl (C=O) groups excluding carboxylic acids is 1. The molecular formula is C14H26N4O3S. The van der Waals surface area contributed by atoms with E-state index in [0.717, 1.165) is 4.31 Å². The van der Waals surface area contributed by atoms with E-state index in [9.17, 15) is 13.2 Å². The van der Waals surface area contributed by atoms with Crippen molar-refractivity contribution in [3.05, 3.63) is 11.4 Å². The second-order valence-electron chi connectivity index (χ2n) is 6.05. The third kappa shape index (κ3) is 3.86. The van der Waals surface area contributed by atoms with Crippen molar-refractivity contribution in [1.82, 2.24) is 19.4 Å². The number of aromatic nitrogens is 2. The monoisotopic (exact) mass is 330 g/mol. The Bertz CT molecular complexity index is 647. The van der Waals surface area contributed by atoms with E-state index in [1.807, 2.05) is 20.8 Å². The van der Waals surface area contributed by atoms with Crippen LogP contribution < -0.4 is 5.32 Å². The molecule has 0 aliphatic rings. The van der Waals surface area contributed by atoms with Crippen LogP contribution >= 0.6 is 0 Å². The topological polar surface area (TPSA) is 84.3 Å². The first-order valence-corrected chi connectivity index (χ1v) is 8.68. The summed E-state index contributed by atoms with van der Waals surface area (Å²) in [6.07, 6.45) is 0. The molecule has 1 atom stereocenters. The third-order valence-electron chi connectivity index (χ3n) is 3.74. The van der Waals surface area contributed by atoms with Crippen molar-refractivity contribution in [3.63, 3.8) is 0 Å². The first kappa shape index (κ1) is 18.6. The number of nitrogens with zero attached hydrogens (tertiary/aromatic N) is 3. The molecule has 1 rings (SSSR count). The van der Waals surface area contributed by atoms with Gasteiger partial charge in [-0.05, 0) is 26.7 Å². The Morgan fingerprint density at radius 2 is 1.82 bits per heavy atom. The van der Waals surface area contributed by atoms with Crippen LogP contribution in [0, 0.1) is 19.8 Å². The summed E-state index contributed by atoms with van der Waals surface area (Å²) in [6.45, 7) is 9.29. The fourth-order valence-corrected chi connectivity index (χ4v) is 3.25. The van der Waals surface area contributed by atoms with Gasteiger partial charge in [0.25, 0.3) is 0 Å². The lowest BCUT2D eigenvalue weighted by Crippen LogP contribution is -2.38. The number of sulfonamides is 1. The molecule has 0 unspecified atom stereocenters. The molecule has 7 nitrogen and oxygen atoms in total. The van der Waals surface area contributed by atoms with Gasteiger partial charge in [-0.15, -0.1) is 0 Å². The quantitative estimate of drug-likeness (QED) is 0.840. The predicted molar refractivity (Wildman–Crippen MR) is 85.0 cm³/mol. The number of carbonyl (C=O) groups is 1. The molecule has 1 N–H and O–H groups in total. The molecular weight excluding hydrogens is 304 g/mol. The molecule has 22 heavy (non-hydrogen) atoms. The molecule has 1 aromatic rings. The zero-order chi connectivity index (χ0) is 17.2. The Hall–Kier alpha value is -1.41. The molecule has 0 aromatic carbocycles. The summed E-state index contributed by atoms with van der Waals surface area (Å²) in [6, 6.07) is 0.0504. The smallest absolute Gasteiger partial charge is 0.246 e. The minimum absolute atomic E-state index is 0.00663. The molecule has 8 heteroatoms. The van der Waals surface area contributed by atoms with Crippen molar-refractivity contribution in [2.45, 2.75) is 52.1 Å². The van der Waals surface area contributed by atoms with Crippen LogP contribution in [0.3, 0.4) is 0 Å². The van der Waals surface area contributed by atoms with E-state index in [1.54, 1.807) is 13.8 Å². The van der Waals surface area contributed by atoms with Crippen LogP contribution in [0.4, 0.5) is 0 Å². The fourth-order valence-electron chi connectivity index (χ4n) is 1.99. The zero-order valence-electron chi connectivity index (χ0n) is 14.3. The largest absolute Gasteiger partial charge is 0.352 e. The van der Waals surface area contributed by atoms with Gasteiger partial charge in [0.15, 0.2) is 0 Å². The van der Waals surface area contributed by atoms with E-state index in [2.05, 4.69) is 10.4 Å². The summed E-state index contributed by atoms with van der Waals surface area (Å²) < 4.78 is 27.2. The molecule has 0 saturated heterocycles. The molecule has 0 aliphatic heterocycles. The van der Waals surface area contributed by atoms with Gasteiger partial charge in [0, 0.05) is 20.1 Å². The zero-order valence-corrected chi connectivity index (χ0v) is 15.2. The molecule has 0 saturated carbocycles. The molecule has 1 aromatic heterocycles. The van der Waals surface area contributed by atoms with Gasteiger partial charge >= 0.3 is 0 Å². The Kier molecular flexibility index (Phi) is 5.75. The first-order chi connectivity index (χ1) is 9.98. The Morgan fingerprint density at radius 3 is 2.27 bits per heavy atom. The van der Waals surface area contributed by atoms with Crippen LogP contribution in [0.15, 0.2) is 4.90 Å². The predicted octanol–water partition coefficient (Wildman–Crippen LogP) is 0.911. The van der Waals surface area contributed by atoms with Gasteiger partial charge < -0.3 is 5.32 Å². The maximum Gasteiger partial charge on any atom is 0.246 e. The van der Waals surface area contributed by atoms with Crippen molar-refractivity contribution in [3.8, 4) is 0 Å². The molecule has 0 spiro atoms. The van der Waals surface area contributed by atoms with Crippen LogP contribution in [-0.2, 0) is 21.4 Å². The lowest BCUT2D eigenvalue weighted by Gasteiger charge is -2.17. The van der Waals surface area contributed by atoms with Gasteiger partial charge in [-0.25, -0.2) is 12.7 Å². The third-order valence-corrected chi connectivity index (χ3v) is 5.80. The van der Waals surface area contributed by atoms with E-state index < -0.39 is 10.0 Å². The van der Waals surface area contributed by atoms with Crippen molar-refractivity contribution in [1.29, 1.82) is 0 Å². The summed E-state index contributed by atoms with van der Waals surface area (Å²) >= 11 is 0. The van der Waals surface area contributed by atoms with Gasteiger partial charge in [-0.1, -0.05) is 13.8 Å². The highest BCUT2D eigenvalue weighted by molar-refractivity contribution is 7.89. The van der Waals surface area contributed by atoms with Crippen molar-refractivity contribution in [2.75, 3.05) is 14.1 Å². The number of nitrogens with one attached hydrogen (secondary N) is 1. The lowest BCUT2D eigenvalue weighted by molar-refractivity contribution is -0.122. The number of amides is 1. The second-order valence-corrected chi connectivity index (χ2v) is 8.13. The summed E-state index contributed by atoms with van der Waals surface area (Å²) in [5.41, 5.74) is 0.870. The maximum atomic E-state index is 12.3. The average Bonchev–Trinajstić information content (AvgIpc) is 2.63. The van der Waals surface area contributed by atoms with Crippen LogP contribution in [0.1, 0.15) is 32.2 Å². The maximum absolute atomic E-state index is 12.3. The van der Waals surface area contributed by atoms with Gasteiger partial charge in [-0.3, -0.25) is 9.48 Å². The molecule has 0 radical (unpaired) electrons. The first-order valence-electron chi connectivity index (χ1n) is 7.24. The van der Waals surface area contributed by atoms with Crippen LogP contribution in [0.2, 0.25) is 0 Å². The van der Waals surface area contributed by atoms with Gasteiger partial charge in [0.2, 0.25) is 15.9 Å². The van der Waals surface area contributed by atoms with Crippen LogP contribution in [0.5, 0.6) is 0 Å². The Morgan fingerprint density at radius 1 is 1.27 bits per heavy atom. The highest BCUT2D eigenvalue weighted by Crippen LogP contribution is 2.21. The lowest BCUT2D eigenvalue weighted by atomic mass is 10.1. The second kappa shape index (κ2) is 6.78. The van der Waals surface area contributed by atoms with Crippen LogP contribution in [-0.4, -0.2) is 48.5 Å². The van der Waals surface area contributed by atoms with E-state index in [-0.39, 0.29) is 23.4 Å². The highest BCUT2D eigenvalue weighted by atomic mass is 32.2. The van der Waals surface area contributed by atoms with Crippen molar-refractivity contribution < 1.29 is 13.2 Å². The van der Waals surface area contributed by atoms with Crippen molar-refractivity contribution in [2.24, 2.45) is 5.92 Å². The molecule has 1 heterocycles. The van der Waals surface area contributed by atoms with Crippen LogP contribution in [0.25, 0.3) is 0 Å². The van der Waals surface area contributed by atoms with Crippen molar-refractivity contribution >= 4 is 15.9 Å². The Labute approximate surface area is 132 Å². The minimum Gasteiger partial charge on any atom is -0.352 e. The molecule has 0 bridgehead atoms. The standard InChI is InChI=1S/C14H26N4O3S/c1-9(2)10(3)15-13(19)8-18-12(5)14(11(4)16-18)22(20,21)17(6)7/h9-10H,8H2,1-7H3,(H,15,19)/t10-/m1/s1. The fraction of sp³-hybridized carbons (Fsp3) is 0.714. The number of aryl methyl sites for hydroxylation is 1.